The third-order valence-corrected chi connectivity index (χ3v) is 5.60. The highest BCUT2D eigenvalue weighted by atomic mass is 16.3. The van der Waals surface area contributed by atoms with Crippen LogP contribution in [0.5, 0.6) is 0 Å². The normalized spacial score (nSPS) is 31.1. The van der Waals surface area contributed by atoms with Gasteiger partial charge in [0.15, 0.2) is 0 Å². The Bertz CT molecular complexity index is 860. The van der Waals surface area contributed by atoms with Crippen molar-refractivity contribution in [3.8, 4) is 0 Å². The number of rotatable bonds is 1. The minimum Gasteiger partial charge on any atom is -0.456 e. The molecule has 112 valence electrons. The lowest BCUT2D eigenvalue weighted by atomic mass is 9.71. The van der Waals surface area contributed by atoms with Crippen LogP contribution in [0.3, 0.4) is 0 Å². The van der Waals surface area contributed by atoms with E-state index in [1.807, 2.05) is 30.3 Å². The zero-order valence-corrected chi connectivity index (χ0v) is 12.5. The minimum atomic E-state index is -0.705. The topological polar surface area (TPSA) is 36.6 Å². The van der Waals surface area contributed by atoms with E-state index in [0.29, 0.717) is 5.92 Å². The molecule has 6 rings (SSSR count). The van der Waals surface area contributed by atoms with Crippen molar-refractivity contribution >= 4 is 21.9 Å². The Kier molecular flexibility index (Phi) is 2.50. The minimum absolute atomic E-state index is 0.383. The second-order valence-electron chi connectivity index (χ2n) is 6.78. The fourth-order valence-electron chi connectivity index (χ4n) is 4.36. The number of para-hydroxylation sites is 1. The molecule has 3 aromatic rings. The Balaban J connectivity index is 1.70. The van der Waals surface area contributed by atoms with Crippen LogP contribution in [0.25, 0.3) is 21.9 Å². The first-order valence-corrected chi connectivity index (χ1v) is 8.10. The van der Waals surface area contributed by atoms with Gasteiger partial charge in [0.25, 0.3) is 0 Å². The van der Waals surface area contributed by atoms with Crippen LogP contribution >= 0.6 is 0 Å². The fourth-order valence-corrected chi connectivity index (χ4v) is 4.36. The van der Waals surface area contributed by atoms with Gasteiger partial charge < -0.3 is 14.4 Å². The number of hydrogen-bond donors (Lipinski definition) is 1. The van der Waals surface area contributed by atoms with Gasteiger partial charge in [-0.25, -0.2) is 0 Å². The Morgan fingerprint density at radius 1 is 1.00 bits per heavy atom. The highest BCUT2D eigenvalue weighted by Crippen LogP contribution is 2.43. The summed E-state index contributed by atoms with van der Waals surface area (Å²) in [6.45, 7) is 3.02. The molecule has 4 heterocycles. The molecule has 0 saturated carbocycles. The highest BCUT2D eigenvalue weighted by Gasteiger charge is 2.46. The summed E-state index contributed by atoms with van der Waals surface area (Å²) in [5.74, 6) is 0.383. The van der Waals surface area contributed by atoms with Gasteiger partial charge in [-0.1, -0.05) is 24.3 Å². The number of furan rings is 1. The quantitative estimate of drug-likeness (QED) is 0.746. The van der Waals surface area contributed by atoms with Crippen molar-refractivity contribution in [2.24, 2.45) is 5.92 Å². The number of piperidine rings is 3. The second-order valence-corrected chi connectivity index (χ2v) is 6.78. The summed E-state index contributed by atoms with van der Waals surface area (Å²) in [7, 11) is 0. The van der Waals surface area contributed by atoms with Crippen LogP contribution in [0.2, 0.25) is 0 Å². The molecule has 3 saturated heterocycles. The summed E-state index contributed by atoms with van der Waals surface area (Å²) in [6.07, 6.45) is 2.20. The fraction of sp³-hybridized carbons (Fsp3) is 0.368. The standard InChI is InChI=1S/C19H19NO2/c21-19(12-20-9-7-13(19)8-10-20)14-5-6-18-16(11-14)15-3-1-2-4-17(15)22-18/h1-6,11,13,21H,7-10,12H2. The molecule has 2 aromatic carbocycles. The molecule has 0 spiro atoms. The monoisotopic (exact) mass is 293 g/mol. The van der Waals surface area contributed by atoms with E-state index < -0.39 is 5.60 Å². The molecule has 1 unspecified atom stereocenters. The molecule has 3 heteroatoms. The Labute approximate surface area is 129 Å². The molecule has 3 aliphatic rings. The van der Waals surface area contributed by atoms with E-state index in [4.69, 9.17) is 4.42 Å². The van der Waals surface area contributed by atoms with E-state index >= 15 is 0 Å². The summed E-state index contributed by atoms with van der Waals surface area (Å²) in [4.78, 5) is 2.39. The lowest BCUT2D eigenvalue weighted by molar-refractivity contribution is -0.117. The van der Waals surface area contributed by atoms with Crippen molar-refractivity contribution in [1.29, 1.82) is 0 Å². The zero-order valence-electron chi connectivity index (χ0n) is 12.5. The number of fused-ring (bicyclic) bond motifs is 6. The van der Waals surface area contributed by atoms with Crippen molar-refractivity contribution < 1.29 is 9.52 Å². The molecular weight excluding hydrogens is 274 g/mol. The van der Waals surface area contributed by atoms with Crippen molar-refractivity contribution in [3.05, 3.63) is 48.0 Å². The van der Waals surface area contributed by atoms with Crippen molar-refractivity contribution in [2.45, 2.75) is 18.4 Å². The zero-order chi connectivity index (χ0) is 14.7. The molecule has 1 atom stereocenters. The molecule has 3 aliphatic heterocycles. The Morgan fingerprint density at radius 3 is 2.55 bits per heavy atom. The maximum atomic E-state index is 11.3. The van der Waals surface area contributed by atoms with E-state index in [1.54, 1.807) is 0 Å². The lowest BCUT2D eigenvalue weighted by Crippen LogP contribution is -2.57. The van der Waals surface area contributed by atoms with E-state index in [1.165, 1.54) is 0 Å². The van der Waals surface area contributed by atoms with Gasteiger partial charge in [-0.2, -0.15) is 0 Å². The molecule has 3 fully saturated rings. The van der Waals surface area contributed by atoms with E-state index in [2.05, 4.69) is 17.0 Å². The predicted octanol–water partition coefficient (Wildman–Crippen LogP) is 3.50. The third kappa shape index (κ3) is 1.64. The van der Waals surface area contributed by atoms with Gasteiger partial charge in [0.1, 0.15) is 16.8 Å². The van der Waals surface area contributed by atoms with E-state index in [-0.39, 0.29) is 0 Å². The summed E-state index contributed by atoms with van der Waals surface area (Å²) in [5.41, 5.74) is 2.15. The molecule has 22 heavy (non-hydrogen) atoms. The SMILES string of the molecule is OC1(c2ccc3oc4ccccc4c3c2)CN2CCC1CC2. The molecule has 0 radical (unpaired) electrons. The number of nitrogens with zero attached hydrogens (tertiary/aromatic N) is 1. The largest absolute Gasteiger partial charge is 0.456 e. The second kappa shape index (κ2) is 4.34. The van der Waals surface area contributed by atoms with Crippen LogP contribution in [-0.4, -0.2) is 29.6 Å². The van der Waals surface area contributed by atoms with Crippen LogP contribution in [-0.2, 0) is 5.60 Å². The molecule has 0 amide bonds. The van der Waals surface area contributed by atoms with Crippen LogP contribution in [0.1, 0.15) is 18.4 Å². The number of aliphatic hydroxyl groups is 1. The smallest absolute Gasteiger partial charge is 0.135 e. The molecule has 0 aliphatic carbocycles. The van der Waals surface area contributed by atoms with Gasteiger partial charge in [-0.3, -0.25) is 0 Å². The summed E-state index contributed by atoms with van der Waals surface area (Å²) >= 11 is 0. The Hall–Kier alpha value is -1.84. The van der Waals surface area contributed by atoms with Crippen molar-refractivity contribution in [3.63, 3.8) is 0 Å². The Morgan fingerprint density at radius 2 is 1.77 bits per heavy atom. The average Bonchev–Trinajstić information content (AvgIpc) is 2.93. The first-order valence-electron chi connectivity index (χ1n) is 8.10. The summed E-state index contributed by atoms with van der Waals surface area (Å²) < 4.78 is 5.90. The maximum absolute atomic E-state index is 11.3. The van der Waals surface area contributed by atoms with Gasteiger partial charge in [-0.05, 0) is 55.6 Å². The van der Waals surface area contributed by atoms with Gasteiger partial charge in [-0.15, -0.1) is 0 Å². The van der Waals surface area contributed by atoms with Gasteiger partial charge >= 0.3 is 0 Å². The van der Waals surface area contributed by atoms with Gasteiger partial charge in [0, 0.05) is 17.3 Å². The van der Waals surface area contributed by atoms with E-state index in [0.717, 1.165) is 60.0 Å². The summed E-state index contributed by atoms with van der Waals surface area (Å²) in [6, 6.07) is 14.3. The maximum Gasteiger partial charge on any atom is 0.135 e. The highest BCUT2D eigenvalue weighted by molar-refractivity contribution is 6.05. The van der Waals surface area contributed by atoms with Crippen molar-refractivity contribution in [1.82, 2.24) is 4.90 Å². The molecule has 1 aromatic heterocycles. The van der Waals surface area contributed by atoms with Crippen molar-refractivity contribution in [2.75, 3.05) is 19.6 Å². The first kappa shape index (κ1) is 12.7. The van der Waals surface area contributed by atoms with E-state index in [9.17, 15) is 5.11 Å². The lowest BCUT2D eigenvalue weighted by Gasteiger charge is -2.50. The first-order chi connectivity index (χ1) is 10.7. The molecule has 3 nitrogen and oxygen atoms in total. The summed E-state index contributed by atoms with van der Waals surface area (Å²) in [5, 5.41) is 13.6. The van der Waals surface area contributed by atoms with Crippen LogP contribution in [0.15, 0.2) is 46.9 Å². The van der Waals surface area contributed by atoms with Gasteiger partial charge in [0.05, 0.1) is 0 Å². The third-order valence-electron chi connectivity index (χ3n) is 5.60. The number of benzene rings is 2. The van der Waals surface area contributed by atoms with Crippen LogP contribution in [0, 0.1) is 5.92 Å². The van der Waals surface area contributed by atoms with Crippen LogP contribution < -0.4 is 0 Å². The average molecular weight is 293 g/mol. The molecule has 1 N–H and O–H groups in total. The predicted molar refractivity (Wildman–Crippen MR) is 86.8 cm³/mol. The van der Waals surface area contributed by atoms with Crippen LogP contribution in [0.4, 0.5) is 0 Å². The van der Waals surface area contributed by atoms with Gasteiger partial charge in [0.2, 0.25) is 0 Å². The molecule has 2 bridgehead atoms. The molecular formula is C19H19NO2. The number of hydrogen-bond acceptors (Lipinski definition) is 3.